The monoisotopic (exact) mass is 431 g/mol. The van der Waals surface area contributed by atoms with Gasteiger partial charge in [-0.3, -0.25) is 9.69 Å². The summed E-state index contributed by atoms with van der Waals surface area (Å²) in [6.07, 6.45) is 2.11. The molecule has 2 aromatic rings. The third-order valence-electron chi connectivity index (χ3n) is 5.70. The summed E-state index contributed by atoms with van der Waals surface area (Å²) in [5.41, 5.74) is 0.727. The average Bonchev–Trinajstić information content (AvgIpc) is 3.21. The molecule has 1 aromatic heterocycles. The van der Waals surface area contributed by atoms with Crippen LogP contribution < -0.4 is 0 Å². The van der Waals surface area contributed by atoms with Gasteiger partial charge >= 0.3 is 0 Å². The summed E-state index contributed by atoms with van der Waals surface area (Å²) in [6.45, 7) is 4.84. The van der Waals surface area contributed by atoms with Crippen molar-refractivity contribution in [3.05, 3.63) is 59.3 Å². The largest absolute Gasteiger partial charge is 0.453 e. The minimum Gasteiger partial charge on any atom is -0.453 e. The van der Waals surface area contributed by atoms with Crippen molar-refractivity contribution < 1.29 is 18.3 Å². The second-order valence-corrected chi connectivity index (χ2v) is 8.59. The number of amides is 1. The standard InChI is InChI=1S/C24H34FN3O3/c1-26(2)13-14-28(24(29)23-11-10-21(31-23)18-30-3)16-19-7-6-12-27(15-19)17-20-8-4-5-9-22(20)25/h4-5,8-11,19H,6-7,12-18H2,1-3H3/t19-/m1/s1. The number of carbonyl (C=O) groups is 1. The summed E-state index contributed by atoms with van der Waals surface area (Å²) in [5, 5.41) is 0. The molecule has 0 unspecified atom stereocenters. The van der Waals surface area contributed by atoms with E-state index < -0.39 is 0 Å². The van der Waals surface area contributed by atoms with Gasteiger partial charge < -0.3 is 19.0 Å². The van der Waals surface area contributed by atoms with Crippen molar-refractivity contribution in [3.8, 4) is 0 Å². The van der Waals surface area contributed by atoms with Gasteiger partial charge in [-0.15, -0.1) is 0 Å². The Morgan fingerprint density at radius 2 is 2.03 bits per heavy atom. The Balaban J connectivity index is 1.65. The Hall–Kier alpha value is -2.22. The molecule has 0 N–H and O–H groups in total. The summed E-state index contributed by atoms with van der Waals surface area (Å²) in [5.74, 6) is 1.10. The Labute approximate surface area is 184 Å². The van der Waals surface area contributed by atoms with E-state index in [-0.39, 0.29) is 11.7 Å². The van der Waals surface area contributed by atoms with E-state index in [2.05, 4.69) is 9.80 Å². The second kappa shape index (κ2) is 11.4. The molecule has 0 spiro atoms. The summed E-state index contributed by atoms with van der Waals surface area (Å²) in [4.78, 5) is 19.4. The van der Waals surface area contributed by atoms with Gasteiger partial charge in [0.25, 0.3) is 5.91 Å². The second-order valence-electron chi connectivity index (χ2n) is 8.59. The number of hydrogen-bond acceptors (Lipinski definition) is 5. The van der Waals surface area contributed by atoms with E-state index in [1.807, 2.05) is 31.1 Å². The van der Waals surface area contributed by atoms with Gasteiger partial charge in [-0.05, 0) is 57.6 Å². The molecule has 0 bridgehead atoms. The molecule has 1 atom stereocenters. The number of benzene rings is 1. The van der Waals surface area contributed by atoms with Gasteiger partial charge in [-0.1, -0.05) is 18.2 Å². The van der Waals surface area contributed by atoms with E-state index >= 15 is 0 Å². The van der Waals surface area contributed by atoms with Crippen LogP contribution in [0.2, 0.25) is 0 Å². The molecule has 0 aliphatic carbocycles. The number of ether oxygens (including phenoxy) is 1. The molecule has 1 aliphatic rings. The molecule has 1 fully saturated rings. The Morgan fingerprint density at radius 1 is 1.23 bits per heavy atom. The van der Waals surface area contributed by atoms with Gasteiger partial charge in [0.05, 0.1) is 0 Å². The highest BCUT2D eigenvalue weighted by atomic mass is 19.1. The zero-order chi connectivity index (χ0) is 22.2. The Morgan fingerprint density at radius 3 is 2.77 bits per heavy atom. The SMILES string of the molecule is COCc1ccc(C(=O)N(CCN(C)C)C[C@@H]2CCCN(Cc3ccccc3F)C2)o1. The summed E-state index contributed by atoms with van der Waals surface area (Å²) < 4.78 is 24.9. The maximum atomic E-state index is 14.1. The zero-order valence-electron chi connectivity index (χ0n) is 18.8. The average molecular weight is 432 g/mol. The molecule has 6 nitrogen and oxygen atoms in total. The van der Waals surface area contributed by atoms with E-state index in [0.717, 1.165) is 38.0 Å². The summed E-state index contributed by atoms with van der Waals surface area (Å²) in [7, 11) is 5.61. The Bertz CT molecular complexity index is 839. The van der Waals surface area contributed by atoms with Crippen molar-refractivity contribution in [1.29, 1.82) is 0 Å². The van der Waals surface area contributed by atoms with Crippen LogP contribution in [0, 0.1) is 11.7 Å². The van der Waals surface area contributed by atoms with E-state index in [1.54, 1.807) is 25.3 Å². The summed E-state index contributed by atoms with van der Waals surface area (Å²) >= 11 is 0. The van der Waals surface area contributed by atoms with Crippen molar-refractivity contribution >= 4 is 5.91 Å². The number of furan rings is 1. The molecule has 7 heteroatoms. The predicted octanol–water partition coefficient (Wildman–Crippen LogP) is 3.48. The van der Waals surface area contributed by atoms with E-state index in [9.17, 15) is 9.18 Å². The van der Waals surface area contributed by atoms with Crippen molar-refractivity contribution in [1.82, 2.24) is 14.7 Å². The molecule has 1 aliphatic heterocycles. The lowest BCUT2D eigenvalue weighted by Crippen LogP contribution is -2.44. The Kier molecular flexibility index (Phi) is 8.63. The number of hydrogen-bond donors (Lipinski definition) is 0. The molecular weight excluding hydrogens is 397 g/mol. The highest BCUT2D eigenvalue weighted by Crippen LogP contribution is 2.22. The van der Waals surface area contributed by atoms with E-state index in [4.69, 9.17) is 9.15 Å². The van der Waals surface area contributed by atoms with Crippen LogP contribution in [-0.4, -0.2) is 74.5 Å². The van der Waals surface area contributed by atoms with Gasteiger partial charge in [0.2, 0.25) is 0 Å². The molecule has 0 radical (unpaired) electrons. The van der Waals surface area contributed by atoms with Crippen LogP contribution in [0.5, 0.6) is 0 Å². The molecule has 2 heterocycles. The lowest BCUT2D eigenvalue weighted by molar-refractivity contribution is 0.0623. The van der Waals surface area contributed by atoms with Crippen molar-refractivity contribution in [2.75, 3.05) is 53.9 Å². The molecular formula is C24H34FN3O3. The molecule has 1 amide bonds. The zero-order valence-corrected chi connectivity index (χ0v) is 18.8. The van der Waals surface area contributed by atoms with Crippen LogP contribution in [0.1, 0.15) is 34.7 Å². The molecule has 31 heavy (non-hydrogen) atoms. The van der Waals surface area contributed by atoms with Gasteiger partial charge in [0, 0.05) is 45.4 Å². The first-order valence-electron chi connectivity index (χ1n) is 10.9. The fourth-order valence-electron chi connectivity index (χ4n) is 4.09. The molecule has 1 aromatic carbocycles. The number of halogens is 1. The fourth-order valence-corrected chi connectivity index (χ4v) is 4.09. The van der Waals surface area contributed by atoms with Gasteiger partial charge in [0.15, 0.2) is 5.76 Å². The molecule has 170 valence electrons. The van der Waals surface area contributed by atoms with Crippen LogP contribution >= 0.6 is 0 Å². The molecule has 1 saturated heterocycles. The number of piperidine rings is 1. The first-order chi connectivity index (χ1) is 15.0. The maximum absolute atomic E-state index is 14.1. The first-order valence-corrected chi connectivity index (χ1v) is 10.9. The van der Waals surface area contributed by atoms with Crippen LogP contribution in [0.15, 0.2) is 40.8 Å². The van der Waals surface area contributed by atoms with Crippen molar-refractivity contribution in [3.63, 3.8) is 0 Å². The normalized spacial score (nSPS) is 17.3. The quantitative estimate of drug-likeness (QED) is 0.577. The maximum Gasteiger partial charge on any atom is 0.289 e. The van der Waals surface area contributed by atoms with Crippen LogP contribution in [0.25, 0.3) is 0 Å². The van der Waals surface area contributed by atoms with Crippen LogP contribution in [0.4, 0.5) is 4.39 Å². The lowest BCUT2D eigenvalue weighted by Gasteiger charge is -2.36. The van der Waals surface area contributed by atoms with Crippen molar-refractivity contribution in [2.45, 2.75) is 26.0 Å². The van der Waals surface area contributed by atoms with E-state index in [0.29, 0.717) is 43.7 Å². The number of likely N-dealkylation sites (tertiary alicyclic amines) is 1. The highest BCUT2D eigenvalue weighted by molar-refractivity contribution is 5.91. The van der Waals surface area contributed by atoms with Crippen LogP contribution in [-0.2, 0) is 17.9 Å². The highest BCUT2D eigenvalue weighted by Gasteiger charge is 2.26. The minimum atomic E-state index is -0.155. The first kappa shape index (κ1) is 23.4. The number of methoxy groups -OCH3 is 1. The van der Waals surface area contributed by atoms with Gasteiger partial charge in [-0.25, -0.2) is 4.39 Å². The smallest absolute Gasteiger partial charge is 0.289 e. The molecule has 3 rings (SSSR count). The third kappa shape index (κ3) is 6.89. The van der Waals surface area contributed by atoms with E-state index in [1.165, 1.54) is 6.07 Å². The lowest BCUT2D eigenvalue weighted by atomic mass is 9.96. The topological polar surface area (TPSA) is 49.2 Å². The predicted molar refractivity (Wildman–Crippen MR) is 118 cm³/mol. The minimum absolute atomic E-state index is 0.0876. The van der Waals surface area contributed by atoms with Gasteiger partial charge in [0.1, 0.15) is 18.2 Å². The number of carbonyl (C=O) groups excluding carboxylic acids is 1. The third-order valence-corrected chi connectivity index (χ3v) is 5.70. The summed E-state index contributed by atoms with van der Waals surface area (Å²) in [6, 6.07) is 10.5. The number of likely N-dealkylation sites (N-methyl/N-ethyl adjacent to an activating group) is 1. The fraction of sp³-hybridized carbons (Fsp3) is 0.542. The number of rotatable bonds is 10. The van der Waals surface area contributed by atoms with Crippen LogP contribution in [0.3, 0.4) is 0 Å². The number of nitrogens with zero attached hydrogens (tertiary/aromatic N) is 3. The van der Waals surface area contributed by atoms with Crippen molar-refractivity contribution in [2.24, 2.45) is 5.92 Å². The molecule has 0 saturated carbocycles. The van der Waals surface area contributed by atoms with Gasteiger partial charge in [-0.2, -0.15) is 0 Å².